The highest BCUT2D eigenvalue weighted by Crippen LogP contribution is 2.17. The molecule has 3 rings (SSSR count). The Labute approximate surface area is 146 Å². The smallest absolute Gasteiger partial charge is 0.188 e. The number of hydrogen-bond acceptors (Lipinski definition) is 2. The molecule has 0 aliphatic rings. The summed E-state index contributed by atoms with van der Waals surface area (Å²) in [6.07, 6.45) is 3.12. The van der Waals surface area contributed by atoms with E-state index in [0.29, 0.717) is 6.54 Å². The zero-order chi connectivity index (χ0) is 17.8. The van der Waals surface area contributed by atoms with Crippen molar-refractivity contribution in [2.75, 3.05) is 0 Å². The van der Waals surface area contributed by atoms with Gasteiger partial charge in [0.2, 0.25) is 0 Å². The molecule has 0 fully saturated rings. The van der Waals surface area contributed by atoms with E-state index in [9.17, 15) is 9.18 Å². The van der Waals surface area contributed by atoms with Crippen LogP contribution in [0, 0.1) is 19.7 Å². The second kappa shape index (κ2) is 7.26. The number of halogens is 1. The standard InChI is InChI=1S/C21H19FN2O/c1-15-18(12-13-21(25)19-10-6-7-11-20(19)22)16(2)24(23-15)14-17-8-4-3-5-9-17/h3-13H,14H2,1-2H3/b13-12+. The molecule has 3 nitrogen and oxygen atoms in total. The van der Waals surface area contributed by atoms with Crippen molar-refractivity contribution in [1.82, 2.24) is 9.78 Å². The van der Waals surface area contributed by atoms with E-state index in [-0.39, 0.29) is 11.3 Å². The van der Waals surface area contributed by atoms with Gasteiger partial charge in [0.1, 0.15) is 5.82 Å². The largest absolute Gasteiger partial charge is 0.289 e. The van der Waals surface area contributed by atoms with Gasteiger partial charge in [0, 0.05) is 11.3 Å². The lowest BCUT2D eigenvalue weighted by atomic mass is 10.1. The molecule has 0 aliphatic heterocycles. The van der Waals surface area contributed by atoms with Crippen LogP contribution < -0.4 is 0 Å². The van der Waals surface area contributed by atoms with Crippen molar-refractivity contribution < 1.29 is 9.18 Å². The van der Waals surface area contributed by atoms with Gasteiger partial charge in [-0.15, -0.1) is 0 Å². The summed E-state index contributed by atoms with van der Waals surface area (Å²) in [7, 11) is 0. The van der Waals surface area contributed by atoms with Gasteiger partial charge in [-0.25, -0.2) is 4.39 Å². The molecule has 0 bridgehead atoms. The fourth-order valence-corrected chi connectivity index (χ4v) is 2.77. The Kier molecular flexibility index (Phi) is 4.89. The third-order valence-electron chi connectivity index (χ3n) is 4.15. The number of allylic oxidation sites excluding steroid dienone is 1. The number of carbonyl (C=O) groups excluding carboxylic acids is 1. The Balaban J connectivity index is 1.83. The quantitative estimate of drug-likeness (QED) is 0.505. The van der Waals surface area contributed by atoms with Gasteiger partial charge < -0.3 is 0 Å². The van der Waals surface area contributed by atoms with E-state index >= 15 is 0 Å². The van der Waals surface area contributed by atoms with Crippen LogP contribution in [0.1, 0.15) is 32.9 Å². The van der Waals surface area contributed by atoms with E-state index in [1.165, 1.54) is 18.2 Å². The summed E-state index contributed by atoms with van der Waals surface area (Å²) in [4.78, 5) is 12.2. The van der Waals surface area contributed by atoms with Gasteiger partial charge in [0.15, 0.2) is 5.78 Å². The summed E-state index contributed by atoms with van der Waals surface area (Å²) >= 11 is 0. The molecule has 0 N–H and O–H groups in total. The topological polar surface area (TPSA) is 34.9 Å². The second-order valence-electron chi connectivity index (χ2n) is 5.91. The highest BCUT2D eigenvalue weighted by atomic mass is 19.1. The van der Waals surface area contributed by atoms with Gasteiger partial charge in [-0.05, 0) is 43.7 Å². The first-order chi connectivity index (χ1) is 12.1. The third kappa shape index (κ3) is 3.74. The Morgan fingerprint density at radius 2 is 1.76 bits per heavy atom. The Morgan fingerprint density at radius 1 is 1.08 bits per heavy atom. The average molecular weight is 334 g/mol. The van der Waals surface area contributed by atoms with Crippen LogP contribution >= 0.6 is 0 Å². The molecule has 0 unspecified atom stereocenters. The summed E-state index contributed by atoms with van der Waals surface area (Å²) in [6.45, 7) is 4.54. The molecule has 2 aromatic carbocycles. The zero-order valence-electron chi connectivity index (χ0n) is 14.2. The number of rotatable bonds is 5. The minimum Gasteiger partial charge on any atom is -0.289 e. The Bertz CT molecular complexity index is 926. The first-order valence-corrected chi connectivity index (χ1v) is 8.11. The maximum atomic E-state index is 13.7. The number of carbonyl (C=O) groups is 1. The fraction of sp³-hybridized carbons (Fsp3) is 0.143. The molecule has 0 saturated carbocycles. The molecule has 0 saturated heterocycles. The van der Waals surface area contributed by atoms with Gasteiger partial charge in [-0.3, -0.25) is 9.48 Å². The molecule has 0 atom stereocenters. The summed E-state index contributed by atoms with van der Waals surface area (Å²) in [5.41, 5.74) is 3.93. The molecule has 0 radical (unpaired) electrons. The summed E-state index contributed by atoms with van der Waals surface area (Å²) in [5, 5.41) is 4.55. The van der Waals surface area contributed by atoms with Crippen molar-refractivity contribution in [2.24, 2.45) is 0 Å². The lowest BCUT2D eigenvalue weighted by Gasteiger charge is -2.04. The van der Waals surface area contributed by atoms with Gasteiger partial charge >= 0.3 is 0 Å². The predicted molar refractivity (Wildman–Crippen MR) is 97.0 cm³/mol. The maximum absolute atomic E-state index is 13.7. The fourth-order valence-electron chi connectivity index (χ4n) is 2.77. The molecule has 0 spiro atoms. The SMILES string of the molecule is Cc1nn(Cc2ccccc2)c(C)c1/C=C/C(=O)c1ccccc1F. The van der Waals surface area contributed by atoms with Crippen molar-refractivity contribution in [3.63, 3.8) is 0 Å². The molecule has 3 aromatic rings. The molecule has 1 aromatic heterocycles. The lowest BCUT2D eigenvalue weighted by molar-refractivity contribution is 0.104. The van der Waals surface area contributed by atoms with E-state index in [1.54, 1.807) is 18.2 Å². The number of ketones is 1. The monoisotopic (exact) mass is 334 g/mol. The van der Waals surface area contributed by atoms with Crippen LogP contribution in [0.3, 0.4) is 0 Å². The van der Waals surface area contributed by atoms with E-state index in [0.717, 1.165) is 22.5 Å². The molecule has 126 valence electrons. The first-order valence-electron chi connectivity index (χ1n) is 8.11. The number of hydrogen-bond donors (Lipinski definition) is 0. The van der Waals surface area contributed by atoms with Crippen LogP contribution in [0.5, 0.6) is 0 Å². The molecule has 4 heteroatoms. The summed E-state index contributed by atoms with van der Waals surface area (Å²) in [6, 6.07) is 16.1. The average Bonchev–Trinajstić information content (AvgIpc) is 2.87. The minimum absolute atomic E-state index is 0.0748. The van der Waals surface area contributed by atoms with E-state index < -0.39 is 5.82 Å². The highest BCUT2D eigenvalue weighted by molar-refractivity contribution is 6.07. The van der Waals surface area contributed by atoms with E-state index in [2.05, 4.69) is 5.10 Å². The number of nitrogens with zero attached hydrogens (tertiary/aromatic N) is 2. The lowest BCUT2D eigenvalue weighted by Crippen LogP contribution is -2.03. The van der Waals surface area contributed by atoms with Crippen LogP contribution in [-0.4, -0.2) is 15.6 Å². The van der Waals surface area contributed by atoms with Gasteiger partial charge in [-0.1, -0.05) is 42.5 Å². The van der Waals surface area contributed by atoms with E-state index in [4.69, 9.17) is 0 Å². The maximum Gasteiger partial charge on any atom is 0.188 e. The number of benzene rings is 2. The number of aryl methyl sites for hydroxylation is 1. The van der Waals surface area contributed by atoms with Crippen molar-refractivity contribution in [1.29, 1.82) is 0 Å². The Hall–Kier alpha value is -3.01. The normalized spacial score (nSPS) is 11.2. The molecular formula is C21H19FN2O. The zero-order valence-corrected chi connectivity index (χ0v) is 14.2. The van der Waals surface area contributed by atoms with Crippen LogP contribution in [0.2, 0.25) is 0 Å². The van der Waals surface area contributed by atoms with Crippen LogP contribution in [-0.2, 0) is 6.54 Å². The predicted octanol–water partition coefficient (Wildman–Crippen LogP) is 4.58. The molecular weight excluding hydrogens is 315 g/mol. The number of aromatic nitrogens is 2. The Morgan fingerprint density at radius 3 is 2.48 bits per heavy atom. The third-order valence-corrected chi connectivity index (χ3v) is 4.15. The van der Waals surface area contributed by atoms with Crippen molar-refractivity contribution in [3.05, 3.63) is 94.6 Å². The van der Waals surface area contributed by atoms with Gasteiger partial charge in [-0.2, -0.15) is 5.10 Å². The van der Waals surface area contributed by atoms with Gasteiger partial charge in [0.25, 0.3) is 0 Å². The van der Waals surface area contributed by atoms with Crippen molar-refractivity contribution in [2.45, 2.75) is 20.4 Å². The van der Waals surface area contributed by atoms with Crippen molar-refractivity contribution in [3.8, 4) is 0 Å². The summed E-state index contributed by atoms with van der Waals surface area (Å²) in [5.74, 6) is -0.863. The van der Waals surface area contributed by atoms with Crippen LogP contribution in [0.25, 0.3) is 6.08 Å². The van der Waals surface area contributed by atoms with Crippen LogP contribution in [0.4, 0.5) is 4.39 Å². The van der Waals surface area contributed by atoms with Gasteiger partial charge in [0.05, 0.1) is 17.8 Å². The highest BCUT2D eigenvalue weighted by Gasteiger charge is 2.11. The van der Waals surface area contributed by atoms with Crippen LogP contribution in [0.15, 0.2) is 60.7 Å². The molecule has 0 aliphatic carbocycles. The van der Waals surface area contributed by atoms with E-state index in [1.807, 2.05) is 48.9 Å². The second-order valence-corrected chi connectivity index (χ2v) is 5.91. The first kappa shape index (κ1) is 16.8. The molecule has 25 heavy (non-hydrogen) atoms. The summed E-state index contributed by atoms with van der Waals surface area (Å²) < 4.78 is 15.6. The minimum atomic E-state index is -0.509. The molecule has 0 amide bonds. The molecule has 1 heterocycles. The van der Waals surface area contributed by atoms with Crippen molar-refractivity contribution >= 4 is 11.9 Å².